The van der Waals surface area contributed by atoms with Gasteiger partial charge in [-0.15, -0.1) is 0 Å². The van der Waals surface area contributed by atoms with E-state index in [9.17, 15) is 4.79 Å². The zero-order chi connectivity index (χ0) is 15.6. The molecule has 0 unspecified atom stereocenters. The van der Waals surface area contributed by atoms with Crippen LogP contribution in [0.15, 0.2) is 52.3 Å². The highest BCUT2D eigenvalue weighted by Gasteiger charge is 2.22. The zero-order valence-electron chi connectivity index (χ0n) is 12.8. The van der Waals surface area contributed by atoms with Crippen LogP contribution in [0.1, 0.15) is 10.4 Å². The zero-order valence-corrected chi connectivity index (χ0v) is 13.7. The molecular formula is C18H19N3OS. The van der Waals surface area contributed by atoms with Gasteiger partial charge in [0.15, 0.2) is 5.78 Å². The molecule has 2 heterocycles. The Balaban J connectivity index is 1.60. The van der Waals surface area contributed by atoms with Gasteiger partial charge >= 0.3 is 0 Å². The number of rotatable bonds is 3. The maximum Gasteiger partial charge on any atom is 0.178 e. The first kappa shape index (κ1) is 14.8. The number of Topliss-reactive ketones (excluding diaryl/α,β-unsaturated/α-hetero) is 1. The first-order valence-electron chi connectivity index (χ1n) is 7.94. The normalized spacial score (nSPS) is 17.0. The molecule has 4 nitrogen and oxygen atoms in total. The number of nitrogens with zero attached hydrogens (tertiary/aromatic N) is 1. The highest BCUT2D eigenvalue weighted by atomic mass is 32.2. The average Bonchev–Trinajstić information content (AvgIpc) is 2.60. The molecule has 118 valence electrons. The SMILES string of the molecule is O=C(CN1CCNCC1)c1cccc2c1Nc1ccccc1S2. The van der Waals surface area contributed by atoms with Crippen LogP contribution in [0.4, 0.5) is 11.4 Å². The Kier molecular flexibility index (Phi) is 4.08. The van der Waals surface area contributed by atoms with Crippen molar-refractivity contribution in [2.24, 2.45) is 0 Å². The molecule has 0 atom stereocenters. The van der Waals surface area contributed by atoms with Gasteiger partial charge in [-0.1, -0.05) is 30.0 Å². The van der Waals surface area contributed by atoms with Crippen molar-refractivity contribution in [3.8, 4) is 0 Å². The molecule has 1 saturated heterocycles. The first-order chi connectivity index (χ1) is 11.3. The van der Waals surface area contributed by atoms with E-state index in [4.69, 9.17) is 0 Å². The molecule has 0 aromatic heterocycles. The Morgan fingerprint density at radius 2 is 1.83 bits per heavy atom. The number of benzene rings is 2. The third-order valence-corrected chi connectivity index (χ3v) is 5.41. The number of piperazine rings is 1. The lowest BCUT2D eigenvalue weighted by Gasteiger charge is -2.27. The van der Waals surface area contributed by atoms with Crippen molar-refractivity contribution in [1.82, 2.24) is 10.2 Å². The first-order valence-corrected chi connectivity index (χ1v) is 8.76. The summed E-state index contributed by atoms with van der Waals surface area (Å²) in [4.78, 5) is 17.3. The summed E-state index contributed by atoms with van der Waals surface area (Å²) in [6.45, 7) is 4.28. The largest absolute Gasteiger partial charge is 0.353 e. The van der Waals surface area contributed by atoms with Gasteiger partial charge in [-0.3, -0.25) is 9.69 Å². The number of para-hydroxylation sites is 2. The Morgan fingerprint density at radius 1 is 1.04 bits per heavy atom. The summed E-state index contributed by atoms with van der Waals surface area (Å²) in [7, 11) is 0. The number of nitrogens with one attached hydrogen (secondary N) is 2. The van der Waals surface area contributed by atoms with E-state index >= 15 is 0 Å². The summed E-state index contributed by atoms with van der Waals surface area (Å²) < 4.78 is 0. The van der Waals surface area contributed by atoms with Gasteiger partial charge in [0.05, 0.1) is 17.9 Å². The highest BCUT2D eigenvalue weighted by molar-refractivity contribution is 7.99. The molecule has 0 aliphatic carbocycles. The molecule has 4 rings (SSSR count). The fourth-order valence-electron chi connectivity index (χ4n) is 3.05. The van der Waals surface area contributed by atoms with Gasteiger partial charge < -0.3 is 10.6 Å². The van der Waals surface area contributed by atoms with E-state index in [1.54, 1.807) is 11.8 Å². The predicted octanol–water partition coefficient (Wildman–Crippen LogP) is 2.98. The molecule has 0 saturated carbocycles. The van der Waals surface area contributed by atoms with Crippen LogP contribution in [0, 0.1) is 0 Å². The Bertz CT molecular complexity index is 741. The second-order valence-electron chi connectivity index (χ2n) is 5.85. The Morgan fingerprint density at radius 3 is 2.70 bits per heavy atom. The molecule has 2 aromatic rings. The maximum absolute atomic E-state index is 12.8. The van der Waals surface area contributed by atoms with Gasteiger partial charge in [0.25, 0.3) is 0 Å². The van der Waals surface area contributed by atoms with Gasteiger partial charge in [-0.25, -0.2) is 0 Å². The molecule has 2 aromatic carbocycles. The van der Waals surface area contributed by atoms with Crippen molar-refractivity contribution in [2.45, 2.75) is 9.79 Å². The number of ketones is 1. The monoisotopic (exact) mass is 325 g/mol. The quantitative estimate of drug-likeness (QED) is 0.725. The van der Waals surface area contributed by atoms with Crippen molar-refractivity contribution in [3.05, 3.63) is 48.0 Å². The van der Waals surface area contributed by atoms with Crippen LogP contribution in [0.5, 0.6) is 0 Å². The van der Waals surface area contributed by atoms with E-state index < -0.39 is 0 Å². The molecule has 0 amide bonds. The lowest BCUT2D eigenvalue weighted by molar-refractivity contribution is 0.0922. The van der Waals surface area contributed by atoms with Crippen LogP contribution < -0.4 is 10.6 Å². The van der Waals surface area contributed by atoms with E-state index in [0.717, 1.165) is 48.0 Å². The van der Waals surface area contributed by atoms with E-state index in [2.05, 4.69) is 33.7 Å². The van der Waals surface area contributed by atoms with Crippen LogP contribution in [-0.2, 0) is 0 Å². The van der Waals surface area contributed by atoms with Gasteiger partial charge in [-0.05, 0) is 24.3 Å². The van der Waals surface area contributed by atoms with Crippen LogP contribution in [0.3, 0.4) is 0 Å². The Hall–Kier alpha value is -1.82. The minimum Gasteiger partial charge on any atom is -0.353 e. The van der Waals surface area contributed by atoms with Gasteiger partial charge in [0.1, 0.15) is 0 Å². The minimum absolute atomic E-state index is 0.191. The van der Waals surface area contributed by atoms with Gasteiger partial charge in [-0.2, -0.15) is 0 Å². The predicted molar refractivity (Wildman–Crippen MR) is 93.9 cm³/mol. The number of anilines is 2. The third-order valence-electron chi connectivity index (χ3n) is 4.27. The van der Waals surface area contributed by atoms with Crippen LogP contribution >= 0.6 is 11.8 Å². The summed E-state index contributed by atoms with van der Waals surface area (Å²) in [5, 5.41) is 6.77. The number of fused-ring (bicyclic) bond motifs is 2. The van der Waals surface area contributed by atoms with Crippen molar-refractivity contribution >= 4 is 28.9 Å². The molecular weight excluding hydrogens is 306 g/mol. The van der Waals surface area contributed by atoms with Crippen LogP contribution in [-0.4, -0.2) is 43.4 Å². The smallest absolute Gasteiger partial charge is 0.178 e. The Labute approximate surface area is 140 Å². The number of hydrogen-bond donors (Lipinski definition) is 2. The molecule has 5 heteroatoms. The minimum atomic E-state index is 0.191. The number of carbonyl (C=O) groups excluding carboxylic acids is 1. The van der Waals surface area contributed by atoms with E-state index in [1.807, 2.05) is 24.3 Å². The van der Waals surface area contributed by atoms with Crippen LogP contribution in [0.2, 0.25) is 0 Å². The summed E-state index contributed by atoms with van der Waals surface area (Å²) in [5.41, 5.74) is 2.83. The molecule has 2 aliphatic rings. The second-order valence-corrected chi connectivity index (χ2v) is 6.94. The van der Waals surface area contributed by atoms with Crippen molar-refractivity contribution in [2.75, 3.05) is 38.0 Å². The van der Waals surface area contributed by atoms with Gasteiger partial charge in [0, 0.05) is 41.5 Å². The lowest BCUT2D eigenvalue weighted by Crippen LogP contribution is -2.45. The average molecular weight is 325 g/mol. The summed E-state index contributed by atoms with van der Waals surface area (Å²) >= 11 is 1.72. The molecule has 23 heavy (non-hydrogen) atoms. The summed E-state index contributed by atoms with van der Waals surface area (Å²) in [6.07, 6.45) is 0. The van der Waals surface area contributed by atoms with E-state index in [-0.39, 0.29) is 5.78 Å². The van der Waals surface area contributed by atoms with Crippen molar-refractivity contribution < 1.29 is 4.79 Å². The van der Waals surface area contributed by atoms with E-state index in [0.29, 0.717) is 6.54 Å². The number of carbonyl (C=O) groups is 1. The fraction of sp³-hybridized carbons (Fsp3) is 0.278. The second kappa shape index (κ2) is 6.35. The molecule has 0 bridgehead atoms. The maximum atomic E-state index is 12.8. The third kappa shape index (κ3) is 3.00. The standard InChI is InChI=1S/C18H19N3OS/c22-15(12-21-10-8-19-9-11-21)13-4-3-7-17-18(13)20-14-5-1-2-6-16(14)23-17/h1-7,19-20H,8-12H2. The van der Waals surface area contributed by atoms with Gasteiger partial charge in [0.2, 0.25) is 0 Å². The van der Waals surface area contributed by atoms with Crippen molar-refractivity contribution in [1.29, 1.82) is 0 Å². The topological polar surface area (TPSA) is 44.4 Å². The fourth-order valence-corrected chi connectivity index (χ4v) is 4.07. The molecule has 2 N–H and O–H groups in total. The van der Waals surface area contributed by atoms with Crippen molar-refractivity contribution in [3.63, 3.8) is 0 Å². The number of hydrogen-bond acceptors (Lipinski definition) is 5. The highest BCUT2D eigenvalue weighted by Crippen LogP contribution is 2.45. The molecule has 0 spiro atoms. The molecule has 1 fully saturated rings. The molecule has 0 radical (unpaired) electrons. The lowest BCUT2D eigenvalue weighted by atomic mass is 10.1. The van der Waals surface area contributed by atoms with E-state index in [1.165, 1.54) is 4.90 Å². The summed E-state index contributed by atoms with van der Waals surface area (Å²) in [5.74, 6) is 0.191. The molecule has 2 aliphatic heterocycles. The van der Waals surface area contributed by atoms with Crippen LogP contribution in [0.25, 0.3) is 0 Å². The summed E-state index contributed by atoms with van der Waals surface area (Å²) in [6, 6.07) is 14.2.